The number of nitrogens with two attached hydrogens (primary N) is 1. The van der Waals surface area contributed by atoms with Gasteiger partial charge in [0.15, 0.2) is 0 Å². The lowest BCUT2D eigenvalue weighted by Crippen LogP contribution is -2.12. The molecule has 1 amide bonds. The maximum absolute atomic E-state index is 12.1. The quantitative estimate of drug-likeness (QED) is 0.253. The Morgan fingerprint density at radius 1 is 0.812 bits per heavy atom. The SMILES string of the molecule is C=C(CCCCCCC(=O)Nc1ccccc1N)c1cccc(-c2ccccc2)c1.CO. The molecule has 4 nitrogen and oxygen atoms in total. The normalized spacial score (nSPS) is 10.1. The predicted octanol–water partition coefficient (Wildman–Crippen LogP) is 6.54. The zero-order valence-electron chi connectivity index (χ0n) is 18.9. The molecule has 0 spiro atoms. The summed E-state index contributed by atoms with van der Waals surface area (Å²) in [4.78, 5) is 12.1. The van der Waals surface area contributed by atoms with Crippen molar-refractivity contribution in [2.45, 2.75) is 38.5 Å². The number of anilines is 2. The van der Waals surface area contributed by atoms with Crippen LogP contribution in [-0.4, -0.2) is 18.1 Å². The number of unbranched alkanes of at least 4 members (excludes halogenated alkanes) is 3. The molecule has 0 aliphatic carbocycles. The highest BCUT2D eigenvalue weighted by Gasteiger charge is 2.05. The third-order valence-corrected chi connectivity index (χ3v) is 5.25. The number of carbonyl (C=O) groups is 1. The zero-order valence-corrected chi connectivity index (χ0v) is 18.9. The van der Waals surface area contributed by atoms with E-state index in [1.807, 2.05) is 24.3 Å². The maximum Gasteiger partial charge on any atom is 0.224 e. The van der Waals surface area contributed by atoms with Crippen LogP contribution in [0.2, 0.25) is 0 Å². The van der Waals surface area contributed by atoms with Crippen LogP contribution in [0.5, 0.6) is 0 Å². The molecule has 168 valence electrons. The van der Waals surface area contributed by atoms with Gasteiger partial charge in [0.25, 0.3) is 0 Å². The summed E-state index contributed by atoms with van der Waals surface area (Å²) in [5, 5.41) is 9.88. The van der Waals surface area contributed by atoms with Crippen LogP contribution in [0.4, 0.5) is 11.4 Å². The van der Waals surface area contributed by atoms with E-state index in [1.165, 1.54) is 22.3 Å². The van der Waals surface area contributed by atoms with Crippen LogP contribution in [0.1, 0.15) is 44.1 Å². The number of nitrogens with one attached hydrogen (secondary N) is 1. The number of amides is 1. The molecule has 0 aromatic heterocycles. The van der Waals surface area contributed by atoms with E-state index in [9.17, 15) is 4.79 Å². The molecule has 3 aromatic carbocycles. The molecule has 0 fully saturated rings. The standard InChI is InChI=1S/C27H30N2O.CH4O/c1-21(23-15-11-16-24(20-23)22-13-6-4-7-14-22)12-5-2-3-8-19-27(30)29-26-18-10-9-17-25(26)28;1-2/h4,6-7,9-11,13-18,20H,1-3,5,8,12,19,28H2,(H,29,30);2H,1H3. The lowest BCUT2D eigenvalue weighted by Gasteiger charge is -2.09. The number of benzene rings is 3. The van der Waals surface area contributed by atoms with Gasteiger partial charge in [-0.3, -0.25) is 4.79 Å². The molecule has 0 heterocycles. The van der Waals surface area contributed by atoms with E-state index in [2.05, 4.69) is 60.4 Å². The molecule has 0 atom stereocenters. The topological polar surface area (TPSA) is 75.4 Å². The summed E-state index contributed by atoms with van der Waals surface area (Å²) in [6, 6.07) is 26.3. The number of aliphatic hydroxyl groups excluding tert-OH is 1. The van der Waals surface area contributed by atoms with E-state index in [-0.39, 0.29) is 5.91 Å². The van der Waals surface area contributed by atoms with Gasteiger partial charge >= 0.3 is 0 Å². The van der Waals surface area contributed by atoms with Gasteiger partial charge in [0.1, 0.15) is 0 Å². The Bertz CT molecular complexity index is 983. The van der Waals surface area contributed by atoms with Crippen molar-refractivity contribution in [2.75, 3.05) is 18.2 Å². The Hall–Kier alpha value is -3.37. The molecule has 0 saturated heterocycles. The fourth-order valence-electron chi connectivity index (χ4n) is 3.49. The Balaban J connectivity index is 0.00000176. The molecule has 4 N–H and O–H groups in total. The molecular formula is C28H34N2O2. The highest BCUT2D eigenvalue weighted by molar-refractivity contribution is 5.93. The van der Waals surface area contributed by atoms with Gasteiger partial charge in [-0.1, -0.05) is 80.1 Å². The fourth-order valence-corrected chi connectivity index (χ4v) is 3.49. The number of hydrogen-bond acceptors (Lipinski definition) is 3. The Morgan fingerprint density at radius 3 is 2.16 bits per heavy atom. The molecule has 0 saturated carbocycles. The Morgan fingerprint density at radius 2 is 1.44 bits per heavy atom. The second-order valence-electron chi connectivity index (χ2n) is 7.60. The van der Waals surface area contributed by atoms with Crippen molar-refractivity contribution in [3.63, 3.8) is 0 Å². The highest BCUT2D eigenvalue weighted by atomic mass is 16.2. The molecular weight excluding hydrogens is 396 g/mol. The van der Waals surface area contributed by atoms with Crippen LogP contribution >= 0.6 is 0 Å². The molecule has 0 aliphatic rings. The molecule has 4 heteroatoms. The summed E-state index contributed by atoms with van der Waals surface area (Å²) < 4.78 is 0. The second-order valence-corrected chi connectivity index (χ2v) is 7.60. The summed E-state index contributed by atoms with van der Waals surface area (Å²) in [5.74, 6) is 0.0232. The summed E-state index contributed by atoms with van der Waals surface area (Å²) in [6.45, 7) is 4.28. The van der Waals surface area contributed by atoms with Gasteiger partial charge in [-0.15, -0.1) is 0 Å². The van der Waals surface area contributed by atoms with E-state index >= 15 is 0 Å². The average molecular weight is 431 g/mol. The van der Waals surface area contributed by atoms with Crippen LogP contribution in [-0.2, 0) is 4.79 Å². The number of rotatable bonds is 10. The van der Waals surface area contributed by atoms with Crippen molar-refractivity contribution in [1.29, 1.82) is 0 Å². The summed E-state index contributed by atoms with van der Waals surface area (Å²) in [7, 11) is 1.00. The molecule has 0 aliphatic heterocycles. The summed E-state index contributed by atoms with van der Waals surface area (Å²) >= 11 is 0. The van der Waals surface area contributed by atoms with Crippen LogP contribution in [0.3, 0.4) is 0 Å². The Kier molecular flexibility index (Phi) is 10.8. The van der Waals surface area contributed by atoms with Gasteiger partial charge in [0.05, 0.1) is 11.4 Å². The van der Waals surface area contributed by atoms with Crippen LogP contribution in [0.15, 0.2) is 85.4 Å². The predicted molar refractivity (Wildman–Crippen MR) is 136 cm³/mol. The fraction of sp³-hybridized carbons (Fsp3) is 0.250. The minimum atomic E-state index is 0.0232. The van der Waals surface area contributed by atoms with Crippen molar-refractivity contribution in [1.82, 2.24) is 0 Å². The maximum atomic E-state index is 12.1. The number of para-hydroxylation sites is 2. The third kappa shape index (κ3) is 8.05. The molecule has 0 radical (unpaired) electrons. The van der Waals surface area contributed by atoms with Crippen LogP contribution in [0.25, 0.3) is 16.7 Å². The minimum absolute atomic E-state index is 0.0232. The van der Waals surface area contributed by atoms with E-state index in [1.54, 1.807) is 6.07 Å². The van der Waals surface area contributed by atoms with Crippen molar-refractivity contribution >= 4 is 22.9 Å². The number of carbonyl (C=O) groups excluding carboxylic acids is 1. The Labute approximate surface area is 191 Å². The molecule has 0 unspecified atom stereocenters. The largest absolute Gasteiger partial charge is 0.400 e. The lowest BCUT2D eigenvalue weighted by atomic mass is 9.96. The van der Waals surface area contributed by atoms with Gasteiger partial charge in [0, 0.05) is 13.5 Å². The van der Waals surface area contributed by atoms with Gasteiger partial charge in [-0.25, -0.2) is 0 Å². The van der Waals surface area contributed by atoms with Crippen molar-refractivity contribution < 1.29 is 9.90 Å². The minimum Gasteiger partial charge on any atom is -0.400 e. The number of hydrogen-bond donors (Lipinski definition) is 3. The van der Waals surface area contributed by atoms with E-state index in [0.29, 0.717) is 17.8 Å². The van der Waals surface area contributed by atoms with Crippen LogP contribution in [0, 0.1) is 0 Å². The first-order valence-corrected chi connectivity index (χ1v) is 11.1. The lowest BCUT2D eigenvalue weighted by molar-refractivity contribution is -0.116. The highest BCUT2D eigenvalue weighted by Crippen LogP contribution is 2.26. The van der Waals surface area contributed by atoms with Crippen molar-refractivity contribution in [3.05, 3.63) is 91.0 Å². The van der Waals surface area contributed by atoms with E-state index in [4.69, 9.17) is 10.8 Å². The molecule has 3 rings (SSSR count). The molecule has 3 aromatic rings. The van der Waals surface area contributed by atoms with Gasteiger partial charge in [0.2, 0.25) is 5.91 Å². The first-order valence-electron chi connectivity index (χ1n) is 11.1. The van der Waals surface area contributed by atoms with Crippen molar-refractivity contribution in [2.24, 2.45) is 0 Å². The van der Waals surface area contributed by atoms with E-state index in [0.717, 1.165) is 39.2 Å². The van der Waals surface area contributed by atoms with Gasteiger partial charge in [-0.05, 0) is 59.7 Å². The van der Waals surface area contributed by atoms with Crippen LogP contribution < -0.4 is 11.1 Å². The second kappa shape index (κ2) is 13.8. The molecule has 32 heavy (non-hydrogen) atoms. The summed E-state index contributed by atoms with van der Waals surface area (Å²) in [6.07, 6.45) is 5.60. The number of nitrogen functional groups attached to an aromatic ring is 1. The smallest absolute Gasteiger partial charge is 0.224 e. The first-order chi connectivity index (χ1) is 15.6. The van der Waals surface area contributed by atoms with E-state index < -0.39 is 0 Å². The number of aliphatic hydroxyl groups is 1. The number of allylic oxidation sites excluding steroid dienone is 1. The zero-order chi connectivity index (χ0) is 23.2. The monoisotopic (exact) mass is 430 g/mol. The first kappa shape index (κ1) is 24.9. The third-order valence-electron chi connectivity index (χ3n) is 5.25. The average Bonchev–Trinajstić information content (AvgIpc) is 2.84. The van der Waals surface area contributed by atoms with Gasteiger partial charge < -0.3 is 16.2 Å². The summed E-state index contributed by atoms with van der Waals surface area (Å²) in [5.41, 5.74) is 12.0. The van der Waals surface area contributed by atoms with Crippen molar-refractivity contribution in [3.8, 4) is 11.1 Å². The van der Waals surface area contributed by atoms with Gasteiger partial charge in [-0.2, -0.15) is 0 Å². The molecule has 0 bridgehead atoms.